The Labute approximate surface area is 162 Å². The van der Waals surface area contributed by atoms with Crippen LogP contribution >= 0.6 is 24.0 Å². The van der Waals surface area contributed by atoms with E-state index in [4.69, 9.17) is 0 Å². The van der Waals surface area contributed by atoms with Crippen molar-refractivity contribution in [2.24, 2.45) is 10.9 Å². The van der Waals surface area contributed by atoms with Gasteiger partial charge < -0.3 is 10.6 Å². The maximum absolute atomic E-state index is 12.7. The summed E-state index contributed by atoms with van der Waals surface area (Å²) in [5, 5.41) is 6.08. The van der Waals surface area contributed by atoms with Gasteiger partial charge in [0.25, 0.3) is 0 Å². The molecule has 0 aliphatic carbocycles. The summed E-state index contributed by atoms with van der Waals surface area (Å²) in [7, 11) is 0.123. The molecule has 2 N–H and O–H groups in total. The number of halogens is 1. The molecule has 0 spiro atoms. The molecule has 1 unspecified atom stereocenters. The van der Waals surface area contributed by atoms with Crippen LogP contribution in [0.15, 0.2) is 34.2 Å². The van der Waals surface area contributed by atoms with E-state index < -0.39 is 10.0 Å². The second-order valence-electron chi connectivity index (χ2n) is 5.93. The lowest BCUT2D eigenvalue weighted by Gasteiger charge is -2.30. The predicted octanol–water partition coefficient (Wildman–Crippen LogP) is 2.02. The molecule has 0 saturated carbocycles. The molecule has 136 valence electrons. The zero-order valence-corrected chi connectivity index (χ0v) is 17.6. The monoisotopic (exact) mass is 466 g/mol. The highest BCUT2D eigenvalue weighted by Gasteiger charge is 2.28. The number of rotatable bonds is 4. The standard InChI is InChI=1S/C16H26N4O2S.HI/c1-13-5-4-10-20(12-13)23(21,22)15-8-6-14(7-9-15)11-19-16(17-2)18-3;/h6-9,13H,4-5,10-12H2,1-3H3,(H2,17,18,19);1H. The Morgan fingerprint density at radius 3 is 2.54 bits per heavy atom. The van der Waals surface area contributed by atoms with Crippen molar-refractivity contribution in [3.63, 3.8) is 0 Å². The third kappa shape index (κ3) is 5.32. The number of guanidine groups is 1. The average Bonchev–Trinajstić information content (AvgIpc) is 2.56. The average molecular weight is 466 g/mol. The Balaban J connectivity index is 0.00000288. The van der Waals surface area contributed by atoms with E-state index in [2.05, 4.69) is 22.5 Å². The first-order chi connectivity index (χ1) is 11.0. The van der Waals surface area contributed by atoms with Crippen molar-refractivity contribution in [1.82, 2.24) is 14.9 Å². The number of nitrogens with one attached hydrogen (secondary N) is 2. The molecule has 1 aromatic carbocycles. The van der Waals surface area contributed by atoms with Crippen LogP contribution in [0.2, 0.25) is 0 Å². The molecule has 0 bridgehead atoms. The summed E-state index contributed by atoms with van der Waals surface area (Å²) in [6, 6.07) is 7.06. The molecule has 1 heterocycles. The highest BCUT2D eigenvalue weighted by molar-refractivity contribution is 14.0. The van der Waals surface area contributed by atoms with Crippen LogP contribution in [0.25, 0.3) is 0 Å². The molecule has 1 fully saturated rings. The van der Waals surface area contributed by atoms with Crippen LogP contribution in [0.1, 0.15) is 25.3 Å². The fourth-order valence-electron chi connectivity index (χ4n) is 2.76. The fraction of sp³-hybridized carbons (Fsp3) is 0.562. The maximum atomic E-state index is 12.7. The van der Waals surface area contributed by atoms with Crippen LogP contribution < -0.4 is 10.6 Å². The number of piperidine rings is 1. The van der Waals surface area contributed by atoms with Crippen molar-refractivity contribution in [2.75, 3.05) is 27.2 Å². The summed E-state index contributed by atoms with van der Waals surface area (Å²) >= 11 is 0. The third-order valence-corrected chi connectivity index (χ3v) is 5.98. The minimum atomic E-state index is -3.38. The first kappa shape index (κ1) is 21.2. The van der Waals surface area contributed by atoms with E-state index in [-0.39, 0.29) is 24.0 Å². The Morgan fingerprint density at radius 1 is 1.33 bits per heavy atom. The smallest absolute Gasteiger partial charge is 0.243 e. The highest BCUT2D eigenvalue weighted by Crippen LogP contribution is 2.23. The van der Waals surface area contributed by atoms with Gasteiger partial charge >= 0.3 is 0 Å². The van der Waals surface area contributed by atoms with Gasteiger partial charge in [0.2, 0.25) is 10.0 Å². The van der Waals surface area contributed by atoms with E-state index in [0.29, 0.717) is 36.4 Å². The van der Waals surface area contributed by atoms with Gasteiger partial charge in [-0.3, -0.25) is 4.99 Å². The van der Waals surface area contributed by atoms with Gasteiger partial charge in [-0.05, 0) is 36.5 Å². The van der Waals surface area contributed by atoms with E-state index in [1.54, 1.807) is 30.5 Å². The quantitative estimate of drug-likeness (QED) is 0.405. The minimum Gasteiger partial charge on any atom is -0.359 e. The van der Waals surface area contributed by atoms with Crippen molar-refractivity contribution in [3.8, 4) is 0 Å². The lowest BCUT2D eigenvalue weighted by molar-refractivity contribution is 0.281. The zero-order chi connectivity index (χ0) is 16.9. The van der Waals surface area contributed by atoms with Gasteiger partial charge in [0.15, 0.2) is 5.96 Å². The van der Waals surface area contributed by atoms with Gasteiger partial charge in [0.05, 0.1) is 4.90 Å². The summed E-state index contributed by atoms with van der Waals surface area (Å²) < 4.78 is 27.0. The molecule has 0 amide bonds. The lowest BCUT2D eigenvalue weighted by atomic mass is 10.0. The molecule has 6 nitrogen and oxygen atoms in total. The number of hydrogen-bond acceptors (Lipinski definition) is 3. The molecular weight excluding hydrogens is 439 g/mol. The molecule has 1 atom stereocenters. The predicted molar refractivity (Wildman–Crippen MR) is 108 cm³/mol. The summed E-state index contributed by atoms with van der Waals surface area (Å²) in [5.41, 5.74) is 1.01. The summed E-state index contributed by atoms with van der Waals surface area (Å²) in [6.45, 7) is 3.93. The highest BCUT2D eigenvalue weighted by atomic mass is 127. The van der Waals surface area contributed by atoms with E-state index >= 15 is 0 Å². The van der Waals surface area contributed by atoms with E-state index in [1.807, 2.05) is 12.1 Å². The summed E-state index contributed by atoms with van der Waals surface area (Å²) in [5.74, 6) is 1.12. The Bertz CT molecular complexity index is 647. The van der Waals surface area contributed by atoms with Crippen LogP contribution in [0, 0.1) is 5.92 Å². The lowest BCUT2D eigenvalue weighted by Crippen LogP contribution is -2.39. The van der Waals surface area contributed by atoms with Crippen molar-refractivity contribution < 1.29 is 8.42 Å². The van der Waals surface area contributed by atoms with Gasteiger partial charge in [-0.1, -0.05) is 19.1 Å². The maximum Gasteiger partial charge on any atom is 0.243 e. The third-order valence-electron chi connectivity index (χ3n) is 4.10. The molecule has 8 heteroatoms. The van der Waals surface area contributed by atoms with Gasteiger partial charge in [-0.25, -0.2) is 8.42 Å². The van der Waals surface area contributed by atoms with Crippen molar-refractivity contribution >= 4 is 40.0 Å². The van der Waals surface area contributed by atoms with E-state index in [9.17, 15) is 8.42 Å². The van der Waals surface area contributed by atoms with Crippen molar-refractivity contribution in [2.45, 2.75) is 31.2 Å². The summed E-state index contributed by atoms with van der Waals surface area (Å²) in [4.78, 5) is 4.41. The van der Waals surface area contributed by atoms with Crippen LogP contribution in [0.4, 0.5) is 0 Å². The molecule has 24 heavy (non-hydrogen) atoms. The SMILES string of the molecule is CN=C(NC)NCc1ccc(S(=O)(=O)N2CCCC(C)C2)cc1.I. The van der Waals surface area contributed by atoms with Crippen molar-refractivity contribution in [3.05, 3.63) is 29.8 Å². The van der Waals surface area contributed by atoms with Gasteiger partial charge in [-0.15, -0.1) is 24.0 Å². The molecule has 0 radical (unpaired) electrons. The Hall–Kier alpha value is -0.870. The second-order valence-corrected chi connectivity index (χ2v) is 7.87. The molecule has 1 saturated heterocycles. The molecule has 1 aliphatic rings. The first-order valence-corrected chi connectivity index (χ1v) is 9.39. The van der Waals surface area contributed by atoms with Gasteiger partial charge in [0, 0.05) is 33.7 Å². The second kappa shape index (κ2) is 9.57. The number of benzene rings is 1. The van der Waals surface area contributed by atoms with Crippen LogP contribution in [-0.4, -0.2) is 45.9 Å². The van der Waals surface area contributed by atoms with Crippen LogP contribution in [0.3, 0.4) is 0 Å². The Morgan fingerprint density at radius 2 is 2.00 bits per heavy atom. The largest absolute Gasteiger partial charge is 0.359 e. The topological polar surface area (TPSA) is 73.8 Å². The Kier molecular flexibility index (Phi) is 8.44. The number of sulfonamides is 1. The van der Waals surface area contributed by atoms with E-state index in [1.165, 1.54) is 0 Å². The molecular formula is C16H27IN4O2S. The zero-order valence-electron chi connectivity index (χ0n) is 14.4. The van der Waals surface area contributed by atoms with Crippen molar-refractivity contribution in [1.29, 1.82) is 0 Å². The molecule has 1 aliphatic heterocycles. The summed E-state index contributed by atoms with van der Waals surface area (Å²) in [6.07, 6.45) is 2.04. The van der Waals surface area contributed by atoms with Gasteiger partial charge in [0.1, 0.15) is 0 Å². The van der Waals surface area contributed by atoms with E-state index in [0.717, 1.165) is 18.4 Å². The molecule has 2 rings (SSSR count). The van der Waals surface area contributed by atoms with Crippen LogP contribution in [0.5, 0.6) is 0 Å². The van der Waals surface area contributed by atoms with Crippen LogP contribution in [-0.2, 0) is 16.6 Å². The number of hydrogen-bond donors (Lipinski definition) is 2. The number of aliphatic imine (C=N–C) groups is 1. The van der Waals surface area contributed by atoms with Gasteiger partial charge in [-0.2, -0.15) is 4.31 Å². The normalized spacial score (nSPS) is 19.5. The molecule has 1 aromatic rings. The number of nitrogens with zero attached hydrogens (tertiary/aromatic N) is 2. The first-order valence-electron chi connectivity index (χ1n) is 7.95. The fourth-order valence-corrected chi connectivity index (χ4v) is 4.36. The minimum absolute atomic E-state index is 0. The molecule has 0 aromatic heterocycles.